The van der Waals surface area contributed by atoms with E-state index in [1.54, 1.807) is 0 Å². The van der Waals surface area contributed by atoms with Crippen LogP contribution in [0, 0.1) is 4.77 Å². The molecule has 2 heterocycles. The van der Waals surface area contributed by atoms with Crippen LogP contribution in [-0.4, -0.2) is 45.1 Å². The molecule has 0 saturated carbocycles. The summed E-state index contributed by atoms with van der Waals surface area (Å²) in [6.45, 7) is -0.403. The Kier molecular flexibility index (Phi) is 5.27. The van der Waals surface area contributed by atoms with Gasteiger partial charge in [0.15, 0.2) is 4.77 Å². The number of aromatic amines is 2. The van der Waals surface area contributed by atoms with Crippen molar-refractivity contribution in [2.24, 2.45) is 0 Å². The van der Waals surface area contributed by atoms with Crippen LogP contribution in [0.5, 0.6) is 0 Å². The van der Waals surface area contributed by atoms with Crippen LogP contribution in [0.1, 0.15) is 11.7 Å². The minimum absolute atomic E-state index is 0.0533. The first-order valence-corrected chi connectivity index (χ1v) is 9.51. The average Bonchev–Trinajstić information content (AvgIpc) is 2.64. The van der Waals surface area contributed by atoms with Crippen molar-refractivity contribution in [2.75, 3.05) is 6.61 Å². The van der Waals surface area contributed by atoms with Crippen LogP contribution >= 0.6 is 40.8 Å². The van der Waals surface area contributed by atoms with Crippen molar-refractivity contribution in [3.63, 3.8) is 0 Å². The number of aromatic nitrogens is 2. The average molecular weight is 377 g/mol. The summed E-state index contributed by atoms with van der Waals surface area (Å²) in [6.07, 6.45) is -7.40. The van der Waals surface area contributed by atoms with Crippen LogP contribution in [-0.2, 0) is 13.8 Å². The van der Waals surface area contributed by atoms with Crippen molar-refractivity contribution in [3.05, 3.63) is 26.9 Å². The zero-order valence-corrected chi connectivity index (χ0v) is 13.5. The van der Waals surface area contributed by atoms with Crippen LogP contribution in [0.15, 0.2) is 11.0 Å². The number of hydrogen-bond donors (Lipinski definition) is 4. The SMILES string of the molecule is O=c1[nH]c(=S)[nH]cc1[C@@H]1O[C@H](COP(=O)(Cl)Cl)[C@H](O)C1O. The van der Waals surface area contributed by atoms with E-state index in [9.17, 15) is 19.6 Å². The summed E-state index contributed by atoms with van der Waals surface area (Å²) in [7, 11) is 0. The first-order valence-electron chi connectivity index (χ1n) is 5.66. The predicted octanol–water partition coefficient (Wildman–Crippen LogP) is 1.20. The Morgan fingerprint density at radius 2 is 2.10 bits per heavy atom. The Morgan fingerprint density at radius 1 is 1.43 bits per heavy atom. The number of halogens is 2. The largest absolute Gasteiger partial charge is 0.387 e. The maximum atomic E-state index is 11.8. The molecule has 1 aliphatic heterocycles. The summed E-state index contributed by atoms with van der Waals surface area (Å²) in [5.74, 6) is 0. The molecule has 118 valence electrons. The third-order valence-electron chi connectivity index (χ3n) is 2.91. The van der Waals surface area contributed by atoms with E-state index < -0.39 is 42.7 Å². The van der Waals surface area contributed by atoms with Gasteiger partial charge in [-0.05, 0) is 34.7 Å². The van der Waals surface area contributed by atoms with Gasteiger partial charge in [0.25, 0.3) is 5.56 Å². The van der Waals surface area contributed by atoms with E-state index in [0.717, 1.165) is 0 Å². The summed E-state index contributed by atoms with van der Waals surface area (Å²) < 4.78 is 21.1. The highest BCUT2D eigenvalue weighted by atomic mass is 35.9. The molecule has 1 aliphatic rings. The van der Waals surface area contributed by atoms with Crippen molar-refractivity contribution in [1.29, 1.82) is 0 Å². The smallest absolute Gasteiger partial charge is 0.380 e. The molecule has 0 spiro atoms. The summed E-state index contributed by atoms with van der Waals surface area (Å²) in [5.41, 5.74) is -0.505. The van der Waals surface area contributed by atoms with Crippen molar-refractivity contribution < 1.29 is 24.0 Å². The van der Waals surface area contributed by atoms with E-state index in [0.29, 0.717) is 0 Å². The number of rotatable bonds is 4. The van der Waals surface area contributed by atoms with E-state index >= 15 is 0 Å². The lowest BCUT2D eigenvalue weighted by molar-refractivity contribution is -0.0158. The third-order valence-corrected chi connectivity index (χ3v) is 4.16. The lowest BCUT2D eigenvalue weighted by Gasteiger charge is -2.14. The molecular weight excluding hydrogens is 366 g/mol. The number of ether oxygens (including phenoxy) is 1. The standard InChI is InChI=1S/C9H11Cl2N2O6PS/c10-20(11,17)18-2-4-5(14)6(15)7(19-4)3-1-12-9(21)13-8(3)16/h1,4-7,14-15H,2H2,(H2,12,13,16,21)/t4-,5+,6?,7+/m1/s1. The first-order chi connectivity index (χ1) is 9.69. The first kappa shape index (κ1) is 17.1. The minimum atomic E-state index is -3.79. The van der Waals surface area contributed by atoms with Crippen molar-refractivity contribution >= 4 is 40.8 Å². The van der Waals surface area contributed by atoms with Crippen LogP contribution in [0.25, 0.3) is 0 Å². The summed E-state index contributed by atoms with van der Waals surface area (Å²) in [5, 5.41) is 19.8. The predicted molar refractivity (Wildman–Crippen MR) is 77.1 cm³/mol. The van der Waals surface area contributed by atoms with Crippen molar-refractivity contribution in [3.8, 4) is 0 Å². The molecule has 0 radical (unpaired) electrons. The molecular formula is C9H11Cl2N2O6PS. The molecule has 4 N–H and O–H groups in total. The molecule has 0 aliphatic carbocycles. The maximum Gasteiger partial charge on any atom is 0.380 e. The molecule has 4 atom stereocenters. The van der Waals surface area contributed by atoms with Gasteiger partial charge in [0.05, 0.1) is 12.2 Å². The number of hydrogen-bond acceptors (Lipinski definition) is 7. The van der Waals surface area contributed by atoms with Gasteiger partial charge in [-0.3, -0.25) is 14.3 Å². The van der Waals surface area contributed by atoms with Crippen molar-refractivity contribution in [2.45, 2.75) is 24.4 Å². The van der Waals surface area contributed by atoms with Crippen LogP contribution in [0.2, 0.25) is 0 Å². The third kappa shape index (κ3) is 4.14. The summed E-state index contributed by atoms with van der Waals surface area (Å²) in [4.78, 5) is 16.7. The van der Waals surface area contributed by atoms with Gasteiger partial charge in [-0.1, -0.05) is 0 Å². The summed E-state index contributed by atoms with van der Waals surface area (Å²) in [6, 6.07) is 0. The van der Waals surface area contributed by atoms with Gasteiger partial charge in [0.2, 0.25) is 0 Å². The van der Waals surface area contributed by atoms with Gasteiger partial charge in [-0.15, -0.1) is 0 Å². The lowest BCUT2D eigenvalue weighted by atomic mass is 10.0. The Labute approximate surface area is 133 Å². The number of aliphatic hydroxyl groups is 2. The molecule has 12 heteroatoms. The quantitative estimate of drug-likeness (QED) is 0.459. The fraction of sp³-hybridized carbons (Fsp3) is 0.556. The fourth-order valence-electron chi connectivity index (χ4n) is 1.94. The molecule has 2 rings (SSSR count). The van der Waals surface area contributed by atoms with Crippen LogP contribution in [0.4, 0.5) is 0 Å². The van der Waals surface area contributed by atoms with Gasteiger partial charge in [-0.2, -0.15) is 0 Å². The molecule has 21 heavy (non-hydrogen) atoms. The number of nitrogens with one attached hydrogen (secondary N) is 2. The van der Waals surface area contributed by atoms with Crippen molar-refractivity contribution in [1.82, 2.24) is 9.97 Å². The van der Waals surface area contributed by atoms with Gasteiger partial charge in [0.1, 0.15) is 24.4 Å². The molecule has 1 unspecified atom stereocenters. The van der Waals surface area contributed by atoms with Gasteiger partial charge >= 0.3 is 6.07 Å². The molecule has 0 amide bonds. The molecule has 8 nitrogen and oxygen atoms in total. The fourth-order valence-corrected chi connectivity index (χ4v) is 2.75. The van der Waals surface area contributed by atoms with E-state index in [4.69, 9.17) is 39.4 Å². The number of aliphatic hydroxyl groups excluding tert-OH is 2. The minimum Gasteiger partial charge on any atom is -0.387 e. The molecule has 0 bridgehead atoms. The van der Waals surface area contributed by atoms with Crippen LogP contribution < -0.4 is 5.56 Å². The second-order valence-electron chi connectivity index (χ2n) is 4.31. The zero-order valence-electron chi connectivity index (χ0n) is 10.2. The topological polar surface area (TPSA) is 125 Å². The van der Waals surface area contributed by atoms with E-state index in [2.05, 4.69) is 14.5 Å². The highest BCUT2D eigenvalue weighted by Gasteiger charge is 2.45. The van der Waals surface area contributed by atoms with E-state index in [-0.39, 0.29) is 10.3 Å². The van der Waals surface area contributed by atoms with E-state index in [1.165, 1.54) is 6.20 Å². The second kappa shape index (κ2) is 6.47. The Balaban J connectivity index is 2.18. The highest BCUT2D eigenvalue weighted by molar-refractivity contribution is 8.05. The lowest BCUT2D eigenvalue weighted by Crippen LogP contribution is -2.33. The second-order valence-corrected chi connectivity index (χ2v) is 9.00. The van der Waals surface area contributed by atoms with Crippen LogP contribution in [0.3, 0.4) is 0 Å². The molecule has 1 saturated heterocycles. The Morgan fingerprint density at radius 3 is 2.67 bits per heavy atom. The Bertz CT molecular complexity index is 675. The zero-order chi connectivity index (χ0) is 15.8. The highest BCUT2D eigenvalue weighted by Crippen LogP contribution is 2.57. The van der Waals surface area contributed by atoms with Gasteiger partial charge in [-0.25, -0.2) is 0 Å². The number of H-pyrrole nitrogens is 2. The summed E-state index contributed by atoms with van der Waals surface area (Å²) >= 11 is 15.2. The van der Waals surface area contributed by atoms with E-state index in [1.807, 2.05) is 0 Å². The van der Waals surface area contributed by atoms with Gasteiger partial charge < -0.3 is 24.5 Å². The molecule has 1 aromatic rings. The Hall–Kier alpha value is -0.250. The van der Waals surface area contributed by atoms with Gasteiger partial charge in [0, 0.05) is 6.20 Å². The maximum absolute atomic E-state index is 11.8. The molecule has 1 aromatic heterocycles. The molecule has 0 aromatic carbocycles. The normalized spacial score (nSPS) is 29.7. The monoisotopic (exact) mass is 376 g/mol. The molecule has 1 fully saturated rings.